The van der Waals surface area contributed by atoms with Crippen molar-refractivity contribution in [1.82, 2.24) is 9.88 Å². The highest BCUT2D eigenvalue weighted by Crippen LogP contribution is 2.31. The number of morpholine rings is 1. The molecule has 0 amide bonds. The van der Waals surface area contributed by atoms with E-state index in [9.17, 15) is 0 Å². The Kier molecular flexibility index (Phi) is 5.09. The molecular weight excluding hydrogens is 262 g/mol. The van der Waals surface area contributed by atoms with Gasteiger partial charge >= 0.3 is 0 Å². The molecule has 0 bridgehead atoms. The van der Waals surface area contributed by atoms with E-state index in [2.05, 4.69) is 35.1 Å². The molecule has 4 nitrogen and oxygen atoms in total. The van der Waals surface area contributed by atoms with Crippen LogP contribution in [-0.4, -0.2) is 49.3 Å². The molecule has 3 rings (SSSR count). The van der Waals surface area contributed by atoms with Crippen molar-refractivity contribution in [3.8, 4) is 0 Å². The van der Waals surface area contributed by atoms with Crippen molar-refractivity contribution in [3.05, 3.63) is 23.9 Å². The number of rotatable bonds is 4. The predicted molar refractivity (Wildman–Crippen MR) is 85.7 cm³/mol. The molecule has 2 fully saturated rings. The molecule has 1 aromatic rings. The Morgan fingerprint density at radius 3 is 2.76 bits per heavy atom. The zero-order valence-electron chi connectivity index (χ0n) is 13.1. The van der Waals surface area contributed by atoms with E-state index in [1.54, 1.807) is 0 Å². The molecule has 2 aliphatic heterocycles. The Bertz CT molecular complexity index is 426. The first-order valence-electron chi connectivity index (χ1n) is 8.41. The number of anilines is 1. The highest BCUT2D eigenvalue weighted by molar-refractivity contribution is 5.40. The largest absolute Gasteiger partial charge is 0.378 e. The second-order valence-corrected chi connectivity index (χ2v) is 6.10. The van der Waals surface area contributed by atoms with Crippen molar-refractivity contribution in [2.45, 2.75) is 38.6 Å². The molecule has 0 saturated carbocycles. The lowest BCUT2D eigenvalue weighted by molar-refractivity contribution is 0.122. The Morgan fingerprint density at radius 2 is 2.05 bits per heavy atom. The van der Waals surface area contributed by atoms with E-state index < -0.39 is 0 Å². The SMILES string of the molecule is CCCN1CCCC[C@H]1c1ccc(N2CCOCC2)nc1. The van der Waals surface area contributed by atoms with Crippen LogP contribution >= 0.6 is 0 Å². The quantitative estimate of drug-likeness (QED) is 0.852. The molecule has 3 heterocycles. The van der Waals surface area contributed by atoms with Gasteiger partial charge in [0.25, 0.3) is 0 Å². The van der Waals surface area contributed by atoms with Gasteiger partial charge in [-0.2, -0.15) is 0 Å². The fraction of sp³-hybridized carbons (Fsp3) is 0.706. The number of likely N-dealkylation sites (tertiary alicyclic amines) is 1. The average molecular weight is 289 g/mol. The van der Waals surface area contributed by atoms with Gasteiger partial charge in [-0.25, -0.2) is 4.98 Å². The third kappa shape index (κ3) is 3.55. The number of nitrogens with zero attached hydrogens (tertiary/aromatic N) is 3. The summed E-state index contributed by atoms with van der Waals surface area (Å²) in [5.74, 6) is 1.10. The van der Waals surface area contributed by atoms with Crippen LogP contribution in [0.2, 0.25) is 0 Å². The maximum absolute atomic E-state index is 5.40. The van der Waals surface area contributed by atoms with Gasteiger partial charge < -0.3 is 9.64 Å². The minimum Gasteiger partial charge on any atom is -0.378 e. The molecule has 0 spiro atoms. The number of hydrogen-bond acceptors (Lipinski definition) is 4. The molecule has 21 heavy (non-hydrogen) atoms. The molecule has 0 N–H and O–H groups in total. The summed E-state index contributed by atoms with van der Waals surface area (Å²) in [5.41, 5.74) is 1.39. The van der Waals surface area contributed by atoms with Gasteiger partial charge in [0, 0.05) is 25.3 Å². The van der Waals surface area contributed by atoms with Gasteiger partial charge in [0.2, 0.25) is 0 Å². The molecule has 2 aliphatic rings. The number of hydrogen-bond donors (Lipinski definition) is 0. The summed E-state index contributed by atoms with van der Waals surface area (Å²) >= 11 is 0. The lowest BCUT2D eigenvalue weighted by Crippen LogP contribution is -2.37. The van der Waals surface area contributed by atoms with E-state index in [1.807, 2.05) is 0 Å². The van der Waals surface area contributed by atoms with Crippen molar-refractivity contribution in [1.29, 1.82) is 0 Å². The van der Waals surface area contributed by atoms with Crippen LogP contribution < -0.4 is 4.90 Å². The third-order valence-corrected chi connectivity index (χ3v) is 4.62. The van der Waals surface area contributed by atoms with Gasteiger partial charge in [0.1, 0.15) is 5.82 Å². The molecule has 1 aromatic heterocycles. The van der Waals surface area contributed by atoms with Crippen LogP contribution in [-0.2, 0) is 4.74 Å². The van der Waals surface area contributed by atoms with Crippen molar-refractivity contribution in [3.63, 3.8) is 0 Å². The van der Waals surface area contributed by atoms with E-state index in [-0.39, 0.29) is 0 Å². The predicted octanol–water partition coefficient (Wildman–Crippen LogP) is 2.86. The summed E-state index contributed by atoms with van der Waals surface area (Å²) in [6.07, 6.45) is 7.30. The first-order chi connectivity index (χ1) is 10.4. The maximum atomic E-state index is 5.40. The van der Waals surface area contributed by atoms with Crippen molar-refractivity contribution in [2.24, 2.45) is 0 Å². The summed E-state index contributed by atoms with van der Waals surface area (Å²) in [6, 6.07) is 5.06. The van der Waals surface area contributed by atoms with Crippen LogP contribution in [0.25, 0.3) is 0 Å². The van der Waals surface area contributed by atoms with Gasteiger partial charge in [-0.1, -0.05) is 19.4 Å². The van der Waals surface area contributed by atoms with Crippen LogP contribution in [0.5, 0.6) is 0 Å². The molecular formula is C17H27N3O. The normalized spacial score (nSPS) is 24.2. The Hall–Kier alpha value is -1.13. The first kappa shape index (κ1) is 14.8. The topological polar surface area (TPSA) is 28.6 Å². The summed E-state index contributed by atoms with van der Waals surface area (Å²) in [6.45, 7) is 8.26. The van der Waals surface area contributed by atoms with E-state index in [1.165, 1.54) is 44.3 Å². The summed E-state index contributed by atoms with van der Waals surface area (Å²) in [5, 5.41) is 0. The van der Waals surface area contributed by atoms with Crippen molar-refractivity contribution in [2.75, 3.05) is 44.3 Å². The lowest BCUT2D eigenvalue weighted by Gasteiger charge is -2.36. The maximum Gasteiger partial charge on any atom is 0.128 e. The highest BCUT2D eigenvalue weighted by Gasteiger charge is 2.23. The van der Waals surface area contributed by atoms with E-state index in [4.69, 9.17) is 9.72 Å². The van der Waals surface area contributed by atoms with Gasteiger partial charge in [0.05, 0.1) is 13.2 Å². The highest BCUT2D eigenvalue weighted by atomic mass is 16.5. The Labute approximate surface area is 128 Å². The van der Waals surface area contributed by atoms with E-state index >= 15 is 0 Å². The lowest BCUT2D eigenvalue weighted by atomic mass is 9.96. The monoisotopic (exact) mass is 289 g/mol. The molecule has 116 valence electrons. The Morgan fingerprint density at radius 1 is 1.19 bits per heavy atom. The minimum absolute atomic E-state index is 0.574. The number of ether oxygens (including phenoxy) is 1. The van der Waals surface area contributed by atoms with Crippen LogP contribution in [0.3, 0.4) is 0 Å². The van der Waals surface area contributed by atoms with Gasteiger partial charge in [0.15, 0.2) is 0 Å². The van der Waals surface area contributed by atoms with E-state index in [0.29, 0.717) is 6.04 Å². The van der Waals surface area contributed by atoms with Crippen molar-refractivity contribution < 1.29 is 4.74 Å². The standard InChI is InChI=1S/C17H27N3O/c1-2-8-19-9-4-3-5-16(19)15-6-7-17(18-14-15)20-10-12-21-13-11-20/h6-7,14,16H,2-5,8-13H2,1H3/t16-/m0/s1. The summed E-state index contributed by atoms with van der Waals surface area (Å²) < 4.78 is 5.40. The van der Waals surface area contributed by atoms with Crippen LogP contribution in [0.4, 0.5) is 5.82 Å². The van der Waals surface area contributed by atoms with E-state index in [0.717, 1.165) is 32.1 Å². The third-order valence-electron chi connectivity index (χ3n) is 4.62. The molecule has 0 aliphatic carbocycles. The molecule has 0 unspecified atom stereocenters. The molecule has 1 atom stereocenters. The van der Waals surface area contributed by atoms with Gasteiger partial charge in [-0.15, -0.1) is 0 Å². The smallest absolute Gasteiger partial charge is 0.128 e. The molecule has 0 radical (unpaired) electrons. The average Bonchev–Trinajstić information content (AvgIpc) is 2.57. The summed E-state index contributed by atoms with van der Waals surface area (Å²) in [4.78, 5) is 9.67. The van der Waals surface area contributed by atoms with Crippen molar-refractivity contribution >= 4 is 5.82 Å². The van der Waals surface area contributed by atoms with Gasteiger partial charge in [-0.05, 0) is 44.0 Å². The number of aromatic nitrogens is 1. The summed E-state index contributed by atoms with van der Waals surface area (Å²) in [7, 11) is 0. The number of pyridine rings is 1. The van der Waals surface area contributed by atoms with Crippen LogP contribution in [0, 0.1) is 0 Å². The Balaban J connectivity index is 1.70. The fourth-order valence-electron chi connectivity index (χ4n) is 3.50. The van der Waals surface area contributed by atoms with Crippen LogP contribution in [0.1, 0.15) is 44.2 Å². The molecule has 2 saturated heterocycles. The zero-order valence-corrected chi connectivity index (χ0v) is 13.1. The second-order valence-electron chi connectivity index (χ2n) is 6.10. The molecule has 4 heteroatoms. The minimum atomic E-state index is 0.574. The fourth-order valence-corrected chi connectivity index (χ4v) is 3.50. The van der Waals surface area contributed by atoms with Gasteiger partial charge in [-0.3, -0.25) is 4.90 Å². The number of piperidine rings is 1. The zero-order chi connectivity index (χ0) is 14.5. The molecule has 0 aromatic carbocycles. The first-order valence-corrected chi connectivity index (χ1v) is 8.41. The second kappa shape index (κ2) is 7.23. The van der Waals surface area contributed by atoms with Crippen LogP contribution in [0.15, 0.2) is 18.3 Å².